The van der Waals surface area contributed by atoms with Crippen LogP contribution in [0.1, 0.15) is 5.76 Å². The molecule has 3 aromatic heterocycles. The Kier molecular flexibility index (Phi) is 5.74. The molecule has 0 spiro atoms. The largest absolute Gasteiger partial charge is 0.460 e. The van der Waals surface area contributed by atoms with Gasteiger partial charge in [-0.3, -0.25) is 9.88 Å². The molecule has 0 bridgehead atoms. The molecule has 1 aliphatic heterocycles. The van der Waals surface area contributed by atoms with Gasteiger partial charge in [-0.1, -0.05) is 12.1 Å². The number of nitrogens with zero attached hydrogens (tertiary/aromatic N) is 5. The minimum Gasteiger partial charge on any atom is -0.460 e. The van der Waals surface area contributed by atoms with Crippen molar-refractivity contribution in [1.29, 1.82) is 0 Å². The first-order valence-electron chi connectivity index (χ1n) is 9.52. The zero-order valence-electron chi connectivity index (χ0n) is 15.9. The summed E-state index contributed by atoms with van der Waals surface area (Å²) in [6, 6.07) is 14.3. The summed E-state index contributed by atoms with van der Waals surface area (Å²) >= 11 is 0. The van der Waals surface area contributed by atoms with E-state index in [-0.39, 0.29) is 12.4 Å². The number of anilines is 1. The molecule has 0 unspecified atom stereocenters. The van der Waals surface area contributed by atoms with Gasteiger partial charge in [-0.15, -0.1) is 12.4 Å². The number of halogens is 1. The smallest absolute Gasteiger partial charge is 0.225 e. The van der Waals surface area contributed by atoms with Crippen LogP contribution in [0.15, 0.2) is 71.7 Å². The first-order valence-corrected chi connectivity index (χ1v) is 9.52. The second-order valence-corrected chi connectivity index (χ2v) is 7.02. The van der Waals surface area contributed by atoms with E-state index >= 15 is 0 Å². The summed E-state index contributed by atoms with van der Waals surface area (Å²) in [4.78, 5) is 17.5. The summed E-state index contributed by atoms with van der Waals surface area (Å²) in [5.74, 6) is 1.82. The van der Waals surface area contributed by atoms with Crippen LogP contribution in [0.25, 0.3) is 22.1 Å². The molecule has 1 saturated heterocycles. The van der Waals surface area contributed by atoms with Crippen molar-refractivity contribution >= 4 is 29.3 Å². The van der Waals surface area contributed by atoms with Crippen LogP contribution in [0.3, 0.4) is 0 Å². The minimum atomic E-state index is 0. The predicted molar refractivity (Wildman–Crippen MR) is 116 cm³/mol. The summed E-state index contributed by atoms with van der Waals surface area (Å²) in [6.45, 7) is 4.61. The molecule has 0 amide bonds. The highest BCUT2D eigenvalue weighted by atomic mass is 35.5. The minimum absolute atomic E-state index is 0. The van der Waals surface area contributed by atoms with E-state index in [2.05, 4.69) is 49.0 Å². The zero-order valence-corrected chi connectivity index (χ0v) is 16.8. The van der Waals surface area contributed by atoms with Crippen LogP contribution in [0, 0.1) is 0 Å². The highest BCUT2D eigenvalue weighted by Crippen LogP contribution is 2.27. The molecule has 0 aliphatic carbocycles. The molecular formula is C22H22ClN5O. The lowest BCUT2D eigenvalue weighted by Gasteiger charge is -2.34. The Morgan fingerprint density at radius 3 is 2.45 bits per heavy atom. The van der Waals surface area contributed by atoms with Crippen molar-refractivity contribution < 1.29 is 4.42 Å². The number of hydrogen-bond acceptors (Lipinski definition) is 6. The Hall–Kier alpha value is -2.96. The van der Waals surface area contributed by atoms with Gasteiger partial charge in [-0.2, -0.15) is 0 Å². The topological polar surface area (TPSA) is 58.3 Å². The summed E-state index contributed by atoms with van der Waals surface area (Å²) in [7, 11) is 0. The van der Waals surface area contributed by atoms with E-state index in [1.807, 2.05) is 24.4 Å². The van der Waals surface area contributed by atoms with Gasteiger partial charge in [0.2, 0.25) is 5.95 Å². The molecule has 1 aromatic carbocycles. The Labute approximate surface area is 175 Å². The third-order valence-corrected chi connectivity index (χ3v) is 5.15. The average Bonchev–Trinajstić information content (AvgIpc) is 3.17. The second kappa shape index (κ2) is 8.59. The van der Waals surface area contributed by atoms with Gasteiger partial charge in [0.1, 0.15) is 11.3 Å². The third-order valence-electron chi connectivity index (χ3n) is 5.15. The van der Waals surface area contributed by atoms with Gasteiger partial charge in [-0.25, -0.2) is 9.97 Å². The number of piperazine rings is 1. The molecule has 1 fully saturated rings. The number of furan rings is 1. The molecular weight excluding hydrogens is 386 g/mol. The fourth-order valence-corrected chi connectivity index (χ4v) is 3.67. The molecule has 148 valence electrons. The van der Waals surface area contributed by atoms with Crippen LogP contribution in [0.5, 0.6) is 0 Å². The first-order chi connectivity index (χ1) is 13.8. The SMILES string of the molecule is Cl.c1cnc(N2CCN(Cc3cc4cc(-c5cccnc5)ccc4o3)CC2)nc1. The summed E-state index contributed by atoms with van der Waals surface area (Å²) in [5, 5.41) is 1.13. The van der Waals surface area contributed by atoms with Crippen LogP contribution in [-0.2, 0) is 6.54 Å². The Morgan fingerprint density at radius 1 is 0.862 bits per heavy atom. The van der Waals surface area contributed by atoms with Crippen LogP contribution in [-0.4, -0.2) is 46.0 Å². The van der Waals surface area contributed by atoms with Gasteiger partial charge in [-0.05, 0) is 35.9 Å². The van der Waals surface area contributed by atoms with Crippen LogP contribution in [0.2, 0.25) is 0 Å². The number of benzene rings is 1. The fraction of sp³-hybridized carbons (Fsp3) is 0.227. The predicted octanol–water partition coefficient (Wildman–Crippen LogP) is 4.03. The maximum absolute atomic E-state index is 6.08. The van der Waals surface area contributed by atoms with E-state index in [0.717, 1.165) is 66.5 Å². The fourth-order valence-electron chi connectivity index (χ4n) is 3.67. The quantitative estimate of drug-likeness (QED) is 0.509. The van der Waals surface area contributed by atoms with Crippen LogP contribution in [0.4, 0.5) is 5.95 Å². The van der Waals surface area contributed by atoms with Crippen LogP contribution < -0.4 is 4.90 Å². The summed E-state index contributed by atoms with van der Waals surface area (Å²) < 4.78 is 6.08. The number of pyridine rings is 1. The molecule has 6 nitrogen and oxygen atoms in total. The lowest BCUT2D eigenvalue weighted by Crippen LogP contribution is -2.46. The first kappa shape index (κ1) is 19.4. The molecule has 4 heterocycles. The van der Waals surface area contributed by atoms with Crippen molar-refractivity contribution in [1.82, 2.24) is 19.9 Å². The van der Waals surface area contributed by atoms with E-state index in [1.165, 1.54) is 0 Å². The van der Waals surface area contributed by atoms with Crippen molar-refractivity contribution in [2.45, 2.75) is 6.54 Å². The summed E-state index contributed by atoms with van der Waals surface area (Å²) in [5.41, 5.74) is 3.20. The molecule has 0 saturated carbocycles. The maximum atomic E-state index is 6.08. The Morgan fingerprint density at radius 2 is 1.69 bits per heavy atom. The molecule has 29 heavy (non-hydrogen) atoms. The van der Waals surface area contributed by atoms with Crippen LogP contribution >= 0.6 is 12.4 Å². The van der Waals surface area contributed by atoms with Crippen molar-refractivity contribution in [3.8, 4) is 11.1 Å². The number of aromatic nitrogens is 3. The van der Waals surface area contributed by atoms with Gasteiger partial charge in [0.15, 0.2) is 0 Å². The third kappa shape index (κ3) is 4.23. The van der Waals surface area contributed by atoms with E-state index in [4.69, 9.17) is 4.42 Å². The Bertz CT molecular complexity index is 1060. The maximum Gasteiger partial charge on any atom is 0.225 e. The van der Waals surface area contributed by atoms with Gasteiger partial charge in [0.05, 0.1) is 6.54 Å². The summed E-state index contributed by atoms with van der Waals surface area (Å²) in [6.07, 6.45) is 7.27. The molecule has 0 radical (unpaired) electrons. The van der Waals surface area contributed by atoms with Crippen molar-refractivity contribution in [2.75, 3.05) is 31.1 Å². The van der Waals surface area contributed by atoms with E-state index in [9.17, 15) is 0 Å². The number of hydrogen-bond donors (Lipinski definition) is 0. The number of fused-ring (bicyclic) bond motifs is 1. The van der Waals surface area contributed by atoms with E-state index in [1.54, 1.807) is 18.6 Å². The molecule has 5 rings (SSSR count). The van der Waals surface area contributed by atoms with E-state index in [0.29, 0.717) is 0 Å². The van der Waals surface area contributed by atoms with Gasteiger partial charge in [0.25, 0.3) is 0 Å². The van der Waals surface area contributed by atoms with Crippen molar-refractivity contribution in [3.05, 3.63) is 73.0 Å². The normalized spacial score (nSPS) is 14.7. The molecule has 0 N–H and O–H groups in total. The number of rotatable bonds is 4. The van der Waals surface area contributed by atoms with Crippen molar-refractivity contribution in [2.24, 2.45) is 0 Å². The van der Waals surface area contributed by atoms with Gasteiger partial charge >= 0.3 is 0 Å². The zero-order chi connectivity index (χ0) is 18.8. The van der Waals surface area contributed by atoms with E-state index < -0.39 is 0 Å². The molecule has 0 atom stereocenters. The highest BCUT2D eigenvalue weighted by Gasteiger charge is 2.20. The Balaban J connectivity index is 0.00000205. The lowest BCUT2D eigenvalue weighted by atomic mass is 10.1. The average molecular weight is 408 g/mol. The van der Waals surface area contributed by atoms with Gasteiger partial charge in [0, 0.05) is 61.9 Å². The second-order valence-electron chi connectivity index (χ2n) is 7.02. The molecule has 4 aromatic rings. The highest BCUT2D eigenvalue weighted by molar-refractivity contribution is 5.85. The van der Waals surface area contributed by atoms with Gasteiger partial charge < -0.3 is 9.32 Å². The molecule has 7 heteroatoms. The van der Waals surface area contributed by atoms with Crippen molar-refractivity contribution in [3.63, 3.8) is 0 Å². The lowest BCUT2D eigenvalue weighted by molar-refractivity contribution is 0.232. The molecule has 1 aliphatic rings. The monoisotopic (exact) mass is 407 g/mol. The standard InChI is InChI=1S/C22H21N5O.ClH/c1-3-18(15-23-6-1)17-4-5-21-19(13-17)14-20(28-21)16-26-9-11-27(12-10-26)22-24-7-2-8-25-22;/h1-8,13-15H,9-12,16H2;1H.